The molecule has 2 unspecified atom stereocenters. The molecular formula is C12H21N4O4Se+. The van der Waals surface area contributed by atoms with E-state index < -0.39 is 24.0 Å². The van der Waals surface area contributed by atoms with E-state index in [0.29, 0.717) is 20.9 Å². The average molecular weight is 364 g/mol. The number of imidazole rings is 1. The minimum atomic E-state index is -1.03. The van der Waals surface area contributed by atoms with Crippen LogP contribution in [-0.2, 0) is 16.0 Å². The van der Waals surface area contributed by atoms with Crippen LogP contribution in [0, 0.1) is 0 Å². The molecule has 21 heavy (non-hydrogen) atoms. The van der Waals surface area contributed by atoms with Crippen molar-refractivity contribution in [3.8, 4) is 0 Å². The van der Waals surface area contributed by atoms with E-state index >= 15 is 0 Å². The zero-order valence-corrected chi connectivity index (χ0v) is 14.0. The van der Waals surface area contributed by atoms with Gasteiger partial charge in [-0.05, 0) is 0 Å². The van der Waals surface area contributed by atoms with Crippen molar-refractivity contribution in [3.63, 3.8) is 0 Å². The standard InChI is InChI=1S/C12H20N4O4Se/c1-16(2,3)9(11(19)20)4-7-5-14-12(15-7)21-6-8(13)10(17)18/h5,8-9H,4,6,13H2,1-3H3,(H2-,14,15,17,18,19,20)/p+1. The van der Waals surface area contributed by atoms with E-state index in [4.69, 9.17) is 10.8 Å². The van der Waals surface area contributed by atoms with Crippen molar-refractivity contribution in [1.82, 2.24) is 9.97 Å². The summed E-state index contributed by atoms with van der Waals surface area (Å²) in [7, 11) is 5.48. The van der Waals surface area contributed by atoms with Gasteiger partial charge in [-0.2, -0.15) is 0 Å². The molecule has 0 bridgehead atoms. The molecule has 5 N–H and O–H groups in total. The van der Waals surface area contributed by atoms with E-state index in [2.05, 4.69) is 9.97 Å². The van der Waals surface area contributed by atoms with E-state index in [1.807, 2.05) is 21.1 Å². The van der Waals surface area contributed by atoms with Crippen LogP contribution in [0.25, 0.3) is 0 Å². The molecule has 9 heteroatoms. The van der Waals surface area contributed by atoms with Crippen molar-refractivity contribution >= 4 is 31.6 Å². The fourth-order valence-corrected chi connectivity index (χ4v) is 3.36. The summed E-state index contributed by atoms with van der Waals surface area (Å²) in [6.45, 7) is 0. The first kappa shape index (κ1) is 17.6. The number of H-pyrrole nitrogens is 1. The van der Waals surface area contributed by atoms with Crippen molar-refractivity contribution in [3.05, 3.63) is 11.9 Å². The van der Waals surface area contributed by atoms with Gasteiger partial charge in [0, 0.05) is 0 Å². The fraction of sp³-hybridized carbons (Fsp3) is 0.583. The van der Waals surface area contributed by atoms with Crippen LogP contribution in [0.4, 0.5) is 0 Å². The molecule has 0 aliphatic heterocycles. The number of quaternary nitrogens is 1. The third kappa shape index (κ3) is 5.47. The molecule has 1 aromatic heterocycles. The molecule has 1 rings (SSSR count). The van der Waals surface area contributed by atoms with E-state index in [0.717, 1.165) is 5.69 Å². The third-order valence-corrected chi connectivity index (χ3v) is 5.07. The van der Waals surface area contributed by atoms with Crippen LogP contribution in [0.2, 0.25) is 5.32 Å². The molecule has 118 valence electrons. The Morgan fingerprint density at radius 2 is 2.00 bits per heavy atom. The number of hydrogen-bond acceptors (Lipinski definition) is 4. The second-order valence-electron chi connectivity index (χ2n) is 5.64. The van der Waals surface area contributed by atoms with Gasteiger partial charge in [0.05, 0.1) is 0 Å². The van der Waals surface area contributed by atoms with Crippen LogP contribution in [0.5, 0.6) is 0 Å². The second kappa shape index (κ2) is 7.04. The minimum absolute atomic E-state index is 0.175. The SMILES string of the molecule is C[N+](C)(C)C(Cc1cnc([Se]CC(N)C(=O)O)[nH]1)C(=O)O. The Bertz CT molecular complexity index is 512. The third-order valence-electron chi connectivity index (χ3n) is 2.96. The number of carboxylic acids is 2. The average Bonchev–Trinajstić information content (AvgIpc) is 2.78. The summed E-state index contributed by atoms with van der Waals surface area (Å²) in [5.74, 6) is -1.89. The molecule has 0 radical (unpaired) electrons. The normalized spacial score (nSPS) is 14.7. The number of aromatic amines is 1. The molecule has 0 spiro atoms. The van der Waals surface area contributed by atoms with Crippen molar-refractivity contribution < 1.29 is 24.3 Å². The second-order valence-corrected chi connectivity index (χ2v) is 7.76. The predicted molar refractivity (Wildman–Crippen MR) is 77.6 cm³/mol. The number of rotatable bonds is 8. The maximum atomic E-state index is 11.3. The molecule has 0 amide bonds. The van der Waals surface area contributed by atoms with E-state index in [9.17, 15) is 14.7 Å². The summed E-state index contributed by atoms with van der Waals surface area (Å²) in [4.78, 5) is 29.2. The molecular weight excluding hydrogens is 343 g/mol. The number of hydrogen-bond donors (Lipinski definition) is 4. The summed E-state index contributed by atoms with van der Waals surface area (Å²) in [6, 6.07) is -1.47. The summed E-state index contributed by atoms with van der Waals surface area (Å²) >= 11 is -0.175. The van der Waals surface area contributed by atoms with E-state index in [-0.39, 0.29) is 15.0 Å². The summed E-state index contributed by atoms with van der Waals surface area (Å²) in [5.41, 5.74) is 6.18. The number of likely N-dealkylation sites (N-methyl/N-ethyl adjacent to an activating group) is 1. The van der Waals surface area contributed by atoms with Crippen LogP contribution in [0.15, 0.2) is 6.20 Å². The molecule has 1 heterocycles. The predicted octanol–water partition coefficient (Wildman–Crippen LogP) is -1.73. The van der Waals surface area contributed by atoms with Crippen LogP contribution >= 0.6 is 0 Å². The van der Waals surface area contributed by atoms with Crippen molar-refractivity contribution in [2.24, 2.45) is 5.73 Å². The van der Waals surface area contributed by atoms with Gasteiger partial charge in [-0.3, -0.25) is 0 Å². The number of carbonyl (C=O) groups is 2. The first-order valence-electron chi connectivity index (χ1n) is 6.30. The van der Waals surface area contributed by atoms with E-state index in [1.165, 1.54) is 0 Å². The van der Waals surface area contributed by atoms with E-state index in [1.54, 1.807) is 6.20 Å². The Morgan fingerprint density at radius 3 is 2.48 bits per heavy atom. The van der Waals surface area contributed by atoms with Gasteiger partial charge < -0.3 is 0 Å². The number of aliphatic carboxylic acids is 2. The zero-order chi connectivity index (χ0) is 16.2. The van der Waals surface area contributed by atoms with Gasteiger partial charge in [0.1, 0.15) is 0 Å². The van der Waals surface area contributed by atoms with Gasteiger partial charge in [-0.15, -0.1) is 0 Å². The number of nitrogens with one attached hydrogen (secondary N) is 1. The summed E-state index contributed by atoms with van der Waals surface area (Å²) < 4.78 is 0.985. The Hall–Kier alpha value is -1.41. The van der Waals surface area contributed by atoms with Crippen LogP contribution in [0.1, 0.15) is 5.69 Å². The van der Waals surface area contributed by atoms with Gasteiger partial charge in [0.15, 0.2) is 0 Å². The van der Waals surface area contributed by atoms with Gasteiger partial charge in [0.2, 0.25) is 0 Å². The Labute approximate surface area is 129 Å². The first-order chi connectivity index (χ1) is 9.61. The topological polar surface area (TPSA) is 129 Å². The van der Waals surface area contributed by atoms with Gasteiger partial charge >= 0.3 is 128 Å². The number of carboxylic acid groups (broad SMARTS) is 2. The Balaban J connectivity index is 2.66. The van der Waals surface area contributed by atoms with Crippen LogP contribution in [-0.4, -0.2) is 84.8 Å². The van der Waals surface area contributed by atoms with Gasteiger partial charge in [-0.25, -0.2) is 0 Å². The molecule has 0 aromatic carbocycles. The summed E-state index contributed by atoms with van der Waals surface area (Å²) in [6.07, 6.45) is 1.95. The van der Waals surface area contributed by atoms with Gasteiger partial charge in [-0.1, -0.05) is 0 Å². The molecule has 2 atom stereocenters. The maximum absolute atomic E-state index is 11.3. The van der Waals surface area contributed by atoms with Gasteiger partial charge in [0.25, 0.3) is 0 Å². The summed E-state index contributed by atoms with van der Waals surface area (Å²) in [5, 5.41) is 18.3. The molecule has 0 saturated heterocycles. The Kier molecular flexibility index (Phi) is 5.91. The first-order valence-corrected chi connectivity index (χ1v) is 8.37. The molecule has 0 aliphatic carbocycles. The monoisotopic (exact) mass is 365 g/mol. The fourth-order valence-electron chi connectivity index (χ4n) is 1.66. The Morgan fingerprint density at radius 1 is 1.38 bits per heavy atom. The van der Waals surface area contributed by atoms with Crippen molar-refractivity contribution in [2.45, 2.75) is 23.8 Å². The van der Waals surface area contributed by atoms with Crippen LogP contribution < -0.4 is 10.5 Å². The molecule has 0 aliphatic rings. The molecule has 0 saturated carbocycles. The number of aromatic nitrogens is 2. The van der Waals surface area contributed by atoms with Crippen LogP contribution in [0.3, 0.4) is 0 Å². The number of nitrogens with two attached hydrogens (primary N) is 1. The molecule has 0 fully saturated rings. The van der Waals surface area contributed by atoms with Crippen molar-refractivity contribution in [2.75, 3.05) is 21.1 Å². The zero-order valence-electron chi connectivity index (χ0n) is 12.2. The molecule has 8 nitrogen and oxygen atoms in total. The quantitative estimate of drug-likeness (QED) is 0.321. The van der Waals surface area contributed by atoms with Crippen molar-refractivity contribution in [1.29, 1.82) is 0 Å². The number of nitrogens with zero attached hydrogens (tertiary/aromatic N) is 2. The molecule has 1 aromatic rings.